The van der Waals surface area contributed by atoms with E-state index < -0.39 is 6.10 Å². The standard InChI is InChI=1S/C25H29N7O2/c1-17(2)32-16-22(28-29-32)20-7-8-24-27-23(15-31(24)13-20)25(34)26-11-21(33)14-30-10-9-18-5-3-4-6-19(18)12-30/h3-8,13,15-17,21,33H,9-12,14H2,1-2H3,(H,26,34)/t21-/m0/s1. The average Bonchev–Trinajstić information content (AvgIpc) is 3.50. The van der Waals surface area contributed by atoms with Gasteiger partial charge in [-0.15, -0.1) is 5.10 Å². The molecule has 1 amide bonds. The Labute approximate surface area is 198 Å². The third-order valence-electron chi connectivity index (χ3n) is 6.20. The Morgan fingerprint density at radius 3 is 2.74 bits per heavy atom. The van der Waals surface area contributed by atoms with Gasteiger partial charge in [0.1, 0.15) is 17.0 Å². The number of hydrogen-bond donors (Lipinski definition) is 2. The Balaban J connectivity index is 1.19. The third-order valence-corrected chi connectivity index (χ3v) is 6.20. The van der Waals surface area contributed by atoms with E-state index in [1.165, 1.54) is 11.1 Å². The van der Waals surface area contributed by atoms with Crippen molar-refractivity contribution in [3.05, 3.63) is 71.8 Å². The number of nitrogens with zero attached hydrogens (tertiary/aromatic N) is 6. The number of imidazole rings is 1. The summed E-state index contributed by atoms with van der Waals surface area (Å²) in [4.78, 5) is 19.3. The predicted octanol–water partition coefficient (Wildman–Crippen LogP) is 2.32. The number of rotatable bonds is 7. The molecule has 9 nitrogen and oxygen atoms in total. The molecule has 1 aliphatic heterocycles. The third kappa shape index (κ3) is 4.71. The van der Waals surface area contributed by atoms with E-state index in [2.05, 4.69) is 43.7 Å². The van der Waals surface area contributed by atoms with Gasteiger partial charge in [-0.1, -0.05) is 29.5 Å². The number of aromatic nitrogens is 5. The number of β-amino-alcohol motifs (C(OH)–C–C–N with tert-alkyl or cyclic N) is 1. The van der Waals surface area contributed by atoms with E-state index in [1.807, 2.05) is 44.4 Å². The molecule has 0 saturated carbocycles. The summed E-state index contributed by atoms with van der Waals surface area (Å²) in [6.45, 7) is 6.51. The fraction of sp³-hybridized carbons (Fsp3) is 0.360. The number of amides is 1. The van der Waals surface area contributed by atoms with Crippen molar-refractivity contribution in [2.75, 3.05) is 19.6 Å². The predicted molar refractivity (Wildman–Crippen MR) is 128 cm³/mol. The lowest BCUT2D eigenvalue weighted by Gasteiger charge is -2.30. The van der Waals surface area contributed by atoms with Crippen LogP contribution in [0.5, 0.6) is 0 Å². The highest BCUT2D eigenvalue weighted by Crippen LogP contribution is 2.20. The molecule has 1 aliphatic rings. The van der Waals surface area contributed by atoms with E-state index >= 15 is 0 Å². The number of hydrogen-bond acceptors (Lipinski definition) is 6. The van der Waals surface area contributed by atoms with Gasteiger partial charge in [-0.25, -0.2) is 9.67 Å². The second-order valence-corrected chi connectivity index (χ2v) is 9.10. The van der Waals surface area contributed by atoms with Crippen LogP contribution >= 0.6 is 0 Å². The Morgan fingerprint density at radius 1 is 1.12 bits per heavy atom. The fourth-order valence-corrected chi connectivity index (χ4v) is 4.29. The first kappa shape index (κ1) is 22.2. The molecule has 5 rings (SSSR count). The van der Waals surface area contributed by atoms with Gasteiger partial charge in [-0.05, 0) is 43.5 Å². The number of pyridine rings is 1. The molecule has 2 N–H and O–H groups in total. The maximum absolute atomic E-state index is 12.7. The Kier molecular flexibility index (Phi) is 6.12. The van der Waals surface area contributed by atoms with Crippen molar-refractivity contribution < 1.29 is 9.90 Å². The molecule has 34 heavy (non-hydrogen) atoms. The molecule has 0 fully saturated rings. The van der Waals surface area contributed by atoms with Gasteiger partial charge in [0.25, 0.3) is 5.91 Å². The van der Waals surface area contributed by atoms with Crippen molar-refractivity contribution in [1.29, 1.82) is 0 Å². The van der Waals surface area contributed by atoms with Gasteiger partial charge in [-0.2, -0.15) is 0 Å². The molecule has 0 bridgehead atoms. The fourth-order valence-electron chi connectivity index (χ4n) is 4.29. The number of carbonyl (C=O) groups excluding carboxylic acids is 1. The molecule has 176 valence electrons. The quantitative estimate of drug-likeness (QED) is 0.440. The lowest BCUT2D eigenvalue weighted by Crippen LogP contribution is -2.42. The van der Waals surface area contributed by atoms with Crippen LogP contribution in [0.4, 0.5) is 0 Å². The van der Waals surface area contributed by atoms with Gasteiger partial charge < -0.3 is 14.8 Å². The van der Waals surface area contributed by atoms with Crippen molar-refractivity contribution in [3.8, 4) is 11.3 Å². The minimum atomic E-state index is -0.651. The molecule has 1 aromatic carbocycles. The van der Waals surface area contributed by atoms with Crippen molar-refractivity contribution in [3.63, 3.8) is 0 Å². The largest absolute Gasteiger partial charge is 0.390 e. The summed E-state index contributed by atoms with van der Waals surface area (Å²) in [5.74, 6) is -0.306. The molecule has 3 aromatic heterocycles. The smallest absolute Gasteiger partial charge is 0.271 e. The zero-order valence-electron chi connectivity index (χ0n) is 19.4. The summed E-state index contributed by atoms with van der Waals surface area (Å²) >= 11 is 0. The molecule has 4 aromatic rings. The van der Waals surface area contributed by atoms with Gasteiger partial charge in [0.2, 0.25) is 0 Å². The van der Waals surface area contributed by atoms with Crippen molar-refractivity contribution in [2.24, 2.45) is 0 Å². The number of nitrogens with one attached hydrogen (secondary N) is 1. The average molecular weight is 460 g/mol. The van der Waals surface area contributed by atoms with Gasteiger partial charge >= 0.3 is 0 Å². The van der Waals surface area contributed by atoms with E-state index in [0.717, 1.165) is 30.8 Å². The van der Waals surface area contributed by atoms with E-state index in [9.17, 15) is 9.90 Å². The first-order valence-corrected chi connectivity index (χ1v) is 11.6. The normalized spacial score (nSPS) is 14.9. The highest BCUT2D eigenvalue weighted by atomic mass is 16.3. The van der Waals surface area contributed by atoms with Crippen molar-refractivity contribution in [2.45, 2.75) is 39.0 Å². The molecule has 0 radical (unpaired) electrons. The maximum Gasteiger partial charge on any atom is 0.271 e. The van der Waals surface area contributed by atoms with Gasteiger partial charge in [0.05, 0.1) is 12.3 Å². The summed E-state index contributed by atoms with van der Waals surface area (Å²) in [6, 6.07) is 12.4. The van der Waals surface area contributed by atoms with Crippen molar-refractivity contribution in [1.82, 2.24) is 34.6 Å². The van der Waals surface area contributed by atoms with E-state index in [4.69, 9.17) is 0 Å². The first-order chi connectivity index (χ1) is 16.5. The van der Waals surface area contributed by atoms with Crippen LogP contribution in [0.1, 0.15) is 41.5 Å². The van der Waals surface area contributed by atoms with Crippen LogP contribution in [0.15, 0.2) is 55.0 Å². The lowest BCUT2D eigenvalue weighted by molar-refractivity contribution is 0.0838. The minimum Gasteiger partial charge on any atom is -0.390 e. The second-order valence-electron chi connectivity index (χ2n) is 9.10. The van der Waals surface area contributed by atoms with Crippen LogP contribution in [0.25, 0.3) is 16.9 Å². The monoisotopic (exact) mass is 459 g/mol. The molecule has 1 atom stereocenters. The molecular weight excluding hydrogens is 430 g/mol. The van der Waals surface area contributed by atoms with Crippen LogP contribution in [0, 0.1) is 0 Å². The molecule has 9 heteroatoms. The minimum absolute atomic E-state index is 0.175. The maximum atomic E-state index is 12.7. The molecular formula is C25H29N7O2. The Hall–Kier alpha value is -3.56. The first-order valence-electron chi connectivity index (χ1n) is 11.6. The van der Waals surface area contributed by atoms with Crippen LogP contribution < -0.4 is 5.32 Å². The highest BCUT2D eigenvalue weighted by Gasteiger charge is 2.19. The Bertz CT molecular complexity index is 1310. The number of benzene rings is 1. The number of carbonyl (C=O) groups is 1. The van der Waals surface area contributed by atoms with E-state index in [-0.39, 0.29) is 18.5 Å². The molecule has 4 heterocycles. The summed E-state index contributed by atoms with van der Waals surface area (Å²) in [6.07, 6.45) is 5.80. The van der Waals surface area contributed by atoms with Gasteiger partial charge in [-0.3, -0.25) is 9.69 Å². The topological polar surface area (TPSA) is 101 Å². The number of aliphatic hydroxyl groups excluding tert-OH is 1. The second kappa shape index (κ2) is 9.36. The SMILES string of the molecule is CC(C)n1cc(-c2ccc3nc(C(=O)NC[C@H](O)CN4CCc5ccccc5C4)cn3c2)nn1. The van der Waals surface area contributed by atoms with Crippen LogP contribution in [-0.4, -0.2) is 66.0 Å². The van der Waals surface area contributed by atoms with Gasteiger partial charge in [0.15, 0.2) is 0 Å². The Morgan fingerprint density at radius 2 is 1.94 bits per heavy atom. The molecule has 0 saturated heterocycles. The molecule has 0 unspecified atom stereocenters. The van der Waals surface area contributed by atoms with E-state index in [1.54, 1.807) is 15.3 Å². The number of fused-ring (bicyclic) bond motifs is 2. The van der Waals surface area contributed by atoms with E-state index in [0.29, 0.717) is 17.9 Å². The van der Waals surface area contributed by atoms with Crippen molar-refractivity contribution >= 4 is 11.6 Å². The highest BCUT2D eigenvalue weighted by molar-refractivity contribution is 5.92. The summed E-state index contributed by atoms with van der Waals surface area (Å²) in [5.41, 5.74) is 5.31. The summed E-state index contributed by atoms with van der Waals surface area (Å²) in [7, 11) is 0. The van der Waals surface area contributed by atoms with Crippen LogP contribution in [-0.2, 0) is 13.0 Å². The lowest BCUT2D eigenvalue weighted by atomic mass is 10.00. The molecule has 0 spiro atoms. The van der Waals surface area contributed by atoms with Crippen LogP contribution in [0.3, 0.4) is 0 Å². The summed E-state index contributed by atoms with van der Waals surface area (Å²) < 4.78 is 3.61. The zero-order chi connectivity index (χ0) is 23.7. The number of aliphatic hydroxyl groups is 1. The molecule has 0 aliphatic carbocycles. The summed E-state index contributed by atoms with van der Waals surface area (Å²) in [5, 5.41) is 21.7. The van der Waals surface area contributed by atoms with Gasteiger partial charge in [0, 0.05) is 50.2 Å². The zero-order valence-corrected chi connectivity index (χ0v) is 19.4. The van der Waals surface area contributed by atoms with Crippen LogP contribution in [0.2, 0.25) is 0 Å².